The summed E-state index contributed by atoms with van der Waals surface area (Å²) < 4.78 is 2.47. The quantitative estimate of drug-likeness (QED) is 0.169. The summed E-state index contributed by atoms with van der Waals surface area (Å²) in [7, 11) is 0. The van der Waals surface area contributed by atoms with Crippen molar-refractivity contribution in [3.8, 4) is 50.2 Å². The predicted molar refractivity (Wildman–Crippen MR) is 228 cm³/mol. The molecule has 10 aromatic rings. The van der Waals surface area contributed by atoms with Gasteiger partial charge in [0.15, 0.2) is 0 Å². The number of hydrogen-bond donors (Lipinski definition) is 0. The minimum Gasteiger partial charge on any atom is -0.311 e. The maximum atomic E-state index is 2.47. The Morgan fingerprint density at radius 1 is 0.296 bits per heavy atom. The second-order valence-corrected chi connectivity index (χ2v) is 14.1. The number of anilines is 3. The van der Waals surface area contributed by atoms with Gasteiger partial charge >= 0.3 is 0 Å². The number of para-hydroxylation sites is 2. The molecule has 0 saturated carbocycles. The zero-order valence-electron chi connectivity index (χ0n) is 29.5. The van der Waals surface area contributed by atoms with Gasteiger partial charge in [-0.15, -0.1) is 0 Å². The molecule has 0 atom stereocenters. The maximum Gasteiger partial charge on any atom is 0.0548 e. The van der Waals surface area contributed by atoms with E-state index in [2.05, 4.69) is 216 Å². The van der Waals surface area contributed by atoms with Gasteiger partial charge in [-0.25, -0.2) is 0 Å². The van der Waals surface area contributed by atoms with E-state index in [1.54, 1.807) is 0 Å². The molecule has 1 aliphatic carbocycles. The summed E-state index contributed by atoms with van der Waals surface area (Å²) in [6.45, 7) is 0. The van der Waals surface area contributed by atoms with Crippen molar-refractivity contribution in [2.24, 2.45) is 0 Å². The minimum absolute atomic E-state index is 1.12. The summed E-state index contributed by atoms with van der Waals surface area (Å²) in [5.74, 6) is 0. The van der Waals surface area contributed by atoms with Crippen LogP contribution >= 0.6 is 0 Å². The molecule has 0 saturated heterocycles. The van der Waals surface area contributed by atoms with Crippen molar-refractivity contribution in [1.29, 1.82) is 0 Å². The average Bonchev–Trinajstić information content (AvgIpc) is 3.52. The van der Waals surface area contributed by atoms with Crippen molar-refractivity contribution in [2.45, 2.75) is 0 Å². The third kappa shape index (κ3) is 4.67. The fourth-order valence-electron chi connectivity index (χ4n) is 8.75. The monoisotopic (exact) mass is 686 g/mol. The third-order valence-electron chi connectivity index (χ3n) is 11.1. The molecule has 0 amide bonds. The van der Waals surface area contributed by atoms with E-state index in [1.807, 2.05) is 0 Å². The van der Waals surface area contributed by atoms with E-state index in [0.717, 1.165) is 22.7 Å². The fraction of sp³-hybridized carbons (Fsp3) is 0. The van der Waals surface area contributed by atoms with Crippen LogP contribution in [0, 0.1) is 0 Å². The highest BCUT2D eigenvalue weighted by Crippen LogP contribution is 2.52. The van der Waals surface area contributed by atoms with E-state index in [-0.39, 0.29) is 0 Å². The summed E-state index contributed by atoms with van der Waals surface area (Å²) in [5, 5.41) is 5.23. The molecule has 0 aliphatic heterocycles. The summed E-state index contributed by atoms with van der Waals surface area (Å²) >= 11 is 0. The summed E-state index contributed by atoms with van der Waals surface area (Å²) in [6.07, 6.45) is 0. The molecule has 11 rings (SSSR count). The molecule has 2 nitrogen and oxygen atoms in total. The number of hydrogen-bond acceptors (Lipinski definition) is 1. The lowest BCUT2D eigenvalue weighted by Gasteiger charge is -2.25. The molecular weight excluding hydrogens is 653 g/mol. The zero-order chi connectivity index (χ0) is 35.6. The second-order valence-electron chi connectivity index (χ2n) is 14.1. The summed E-state index contributed by atoms with van der Waals surface area (Å²) in [4.78, 5) is 2.30. The number of aromatic nitrogens is 1. The van der Waals surface area contributed by atoms with Crippen LogP contribution in [-0.4, -0.2) is 4.57 Å². The van der Waals surface area contributed by atoms with Crippen molar-refractivity contribution in [3.05, 3.63) is 206 Å². The molecule has 54 heavy (non-hydrogen) atoms. The van der Waals surface area contributed by atoms with Crippen LogP contribution in [0.4, 0.5) is 17.1 Å². The van der Waals surface area contributed by atoms with Crippen LogP contribution < -0.4 is 4.90 Å². The Bertz CT molecular complexity index is 2960. The average molecular weight is 687 g/mol. The van der Waals surface area contributed by atoms with Crippen molar-refractivity contribution < 1.29 is 0 Å². The van der Waals surface area contributed by atoms with Gasteiger partial charge in [0, 0.05) is 39.1 Å². The van der Waals surface area contributed by atoms with E-state index < -0.39 is 0 Å². The van der Waals surface area contributed by atoms with Gasteiger partial charge in [-0.3, -0.25) is 0 Å². The molecular formula is C52H34N2. The van der Waals surface area contributed by atoms with Gasteiger partial charge in [-0.2, -0.15) is 0 Å². The topological polar surface area (TPSA) is 8.17 Å². The molecule has 0 spiro atoms. The van der Waals surface area contributed by atoms with Crippen molar-refractivity contribution in [3.63, 3.8) is 0 Å². The number of benzene rings is 9. The SMILES string of the molecule is c1ccc(-c2ccc3c4c2-c2ccccc2-c2cccc5ccc(c4c25)n3-c2ccc(-c3ccc(N(c4ccccc4)c4ccccc4)cc3)cc2)cc1. The Labute approximate surface area is 314 Å². The molecule has 0 N–H and O–H groups in total. The highest BCUT2D eigenvalue weighted by atomic mass is 15.1. The molecule has 0 unspecified atom stereocenters. The predicted octanol–water partition coefficient (Wildman–Crippen LogP) is 14.4. The van der Waals surface area contributed by atoms with E-state index in [4.69, 9.17) is 0 Å². The van der Waals surface area contributed by atoms with Crippen LogP contribution in [0.3, 0.4) is 0 Å². The Balaban J connectivity index is 1.07. The highest BCUT2D eigenvalue weighted by Gasteiger charge is 2.27. The Kier molecular flexibility index (Phi) is 6.90. The van der Waals surface area contributed by atoms with Crippen LogP contribution in [0.25, 0.3) is 82.8 Å². The van der Waals surface area contributed by atoms with Crippen molar-refractivity contribution in [2.75, 3.05) is 4.90 Å². The first-order chi connectivity index (χ1) is 26.8. The normalized spacial score (nSPS) is 11.7. The molecule has 2 heteroatoms. The molecule has 1 aliphatic rings. The Morgan fingerprint density at radius 3 is 1.52 bits per heavy atom. The lowest BCUT2D eigenvalue weighted by atomic mass is 9.88. The number of fused-ring (bicyclic) bond motifs is 3. The molecule has 1 heterocycles. The first kappa shape index (κ1) is 30.5. The summed E-state index contributed by atoms with van der Waals surface area (Å²) in [6, 6.07) is 75.0. The Hall–Kier alpha value is -7.16. The van der Waals surface area contributed by atoms with Gasteiger partial charge < -0.3 is 9.47 Å². The van der Waals surface area contributed by atoms with Crippen LogP contribution in [0.1, 0.15) is 0 Å². The summed E-state index contributed by atoms with van der Waals surface area (Å²) in [5.41, 5.74) is 17.0. The largest absolute Gasteiger partial charge is 0.311 e. The molecule has 0 fully saturated rings. The van der Waals surface area contributed by atoms with Crippen molar-refractivity contribution in [1.82, 2.24) is 4.57 Å². The molecule has 9 aromatic carbocycles. The third-order valence-corrected chi connectivity index (χ3v) is 11.1. The van der Waals surface area contributed by atoms with Crippen LogP contribution in [-0.2, 0) is 0 Å². The minimum atomic E-state index is 1.12. The fourth-order valence-corrected chi connectivity index (χ4v) is 8.75. The van der Waals surface area contributed by atoms with Crippen molar-refractivity contribution >= 4 is 49.6 Å². The lowest BCUT2D eigenvalue weighted by Crippen LogP contribution is -2.09. The molecule has 252 valence electrons. The van der Waals surface area contributed by atoms with Gasteiger partial charge in [0.25, 0.3) is 0 Å². The smallest absolute Gasteiger partial charge is 0.0548 e. The maximum absolute atomic E-state index is 2.47. The molecule has 0 bridgehead atoms. The number of nitrogens with zero attached hydrogens (tertiary/aromatic N) is 2. The van der Waals surface area contributed by atoms with E-state index in [1.165, 1.54) is 77.1 Å². The van der Waals surface area contributed by atoms with Crippen LogP contribution in [0.2, 0.25) is 0 Å². The lowest BCUT2D eigenvalue weighted by molar-refractivity contribution is 1.18. The van der Waals surface area contributed by atoms with E-state index in [0.29, 0.717) is 0 Å². The van der Waals surface area contributed by atoms with Gasteiger partial charge in [-0.05, 0) is 110 Å². The Morgan fingerprint density at radius 2 is 0.833 bits per heavy atom. The van der Waals surface area contributed by atoms with Gasteiger partial charge in [0.2, 0.25) is 0 Å². The first-order valence-corrected chi connectivity index (χ1v) is 18.6. The van der Waals surface area contributed by atoms with Crippen LogP contribution in [0.5, 0.6) is 0 Å². The van der Waals surface area contributed by atoms with Gasteiger partial charge in [0.1, 0.15) is 0 Å². The zero-order valence-corrected chi connectivity index (χ0v) is 29.5. The first-order valence-electron chi connectivity index (χ1n) is 18.6. The molecule has 1 aromatic heterocycles. The van der Waals surface area contributed by atoms with E-state index in [9.17, 15) is 0 Å². The molecule has 0 radical (unpaired) electrons. The standard InChI is InChI=1S/C52H34N2/c1-4-13-37(14-5-1)43-32-34-48-52-50(43)46-21-11-10-20-44(46)45-22-12-15-38-27-33-47(51(52)49(38)45)54(48)42-30-25-36(26-31-42)35-23-28-41(29-24-35)53(39-16-6-2-7-17-39)40-18-8-3-9-19-40/h1-34H. The van der Waals surface area contributed by atoms with Gasteiger partial charge in [0.05, 0.1) is 11.0 Å². The van der Waals surface area contributed by atoms with Gasteiger partial charge in [-0.1, -0.05) is 146 Å². The van der Waals surface area contributed by atoms with Crippen LogP contribution in [0.15, 0.2) is 206 Å². The number of rotatable bonds is 6. The highest BCUT2D eigenvalue weighted by molar-refractivity contribution is 6.31. The van der Waals surface area contributed by atoms with E-state index >= 15 is 0 Å². The second kappa shape index (κ2) is 12.2.